The van der Waals surface area contributed by atoms with E-state index in [0.29, 0.717) is 6.54 Å². The molecule has 2 saturated heterocycles. The van der Waals surface area contributed by atoms with Gasteiger partial charge in [0.1, 0.15) is 12.1 Å². The molecule has 1 aromatic rings. The van der Waals surface area contributed by atoms with Crippen LogP contribution >= 0.6 is 11.3 Å². The van der Waals surface area contributed by atoms with Crippen LogP contribution in [0, 0.1) is 0 Å². The average Bonchev–Trinajstić information content (AvgIpc) is 2.98. The minimum atomic E-state index is -0.338. The van der Waals surface area contributed by atoms with Crippen molar-refractivity contribution in [1.29, 1.82) is 0 Å². The van der Waals surface area contributed by atoms with E-state index >= 15 is 0 Å². The number of carbonyl (C=O) groups is 2. The molecule has 0 bridgehead atoms. The summed E-state index contributed by atoms with van der Waals surface area (Å²) in [6.45, 7) is 3.16. The predicted octanol–water partition coefficient (Wildman–Crippen LogP) is 1.30. The second-order valence-electron chi connectivity index (χ2n) is 5.48. The molecule has 2 unspecified atom stereocenters. The summed E-state index contributed by atoms with van der Waals surface area (Å²) in [4.78, 5) is 32.8. The molecule has 0 aliphatic carbocycles. The van der Waals surface area contributed by atoms with Gasteiger partial charge >= 0.3 is 0 Å². The summed E-state index contributed by atoms with van der Waals surface area (Å²) in [5.41, 5.74) is 2.79. The lowest BCUT2D eigenvalue weighted by Crippen LogP contribution is -2.65. The van der Waals surface area contributed by atoms with Crippen LogP contribution in [0.4, 0.5) is 0 Å². The highest BCUT2D eigenvalue weighted by molar-refractivity contribution is 7.07. The van der Waals surface area contributed by atoms with E-state index in [1.807, 2.05) is 12.3 Å². The zero-order chi connectivity index (χ0) is 14.1. The van der Waals surface area contributed by atoms with E-state index in [4.69, 9.17) is 0 Å². The Morgan fingerprint density at radius 1 is 1.35 bits per heavy atom. The Hall–Kier alpha value is -1.43. The first-order valence-corrected chi connectivity index (χ1v) is 8.11. The number of rotatable bonds is 3. The predicted molar refractivity (Wildman–Crippen MR) is 76.3 cm³/mol. The number of hydrogen-bond donors (Lipinski definition) is 0. The van der Waals surface area contributed by atoms with Gasteiger partial charge in [-0.1, -0.05) is 0 Å². The van der Waals surface area contributed by atoms with Gasteiger partial charge in [0.25, 0.3) is 0 Å². The number of fused-ring (bicyclic) bond motifs is 1. The summed E-state index contributed by atoms with van der Waals surface area (Å²) in [7, 11) is 0. The van der Waals surface area contributed by atoms with Gasteiger partial charge in [-0.2, -0.15) is 0 Å². The average molecular weight is 293 g/mol. The highest BCUT2D eigenvalue weighted by atomic mass is 32.1. The number of piperidine rings is 1. The fraction of sp³-hybridized carbons (Fsp3) is 0.643. The van der Waals surface area contributed by atoms with Gasteiger partial charge in [0, 0.05) is 24.9 Å². The van der Waals surface area contributed by atoms with Crippen LogP contribution in [0.5, 0.6) is 0 Å². The smallest absolute Gasteiger partial charge is 0.246 e. The van der Waals surface area contributed by atoms with E-state index in [-0.39, 0.29) is 23.9 Å². The number of hydrogen-bond acceptors (Lipinski definition) is 4. The molecule has 108 valence electrons. The van der Waals surface area contributed by atoms with Gasteiger partial charge in [0.15, 0.2) is 0 Å². The lowest BCUT2D eigenvalue weighted by atomic mass is 9.95. The second kappa shape index (κ2) is 5.52. The lowest BCUT2D eigenvalue weighted by molar-refractivity contribution is -0.162. The third-order valence-corrected chi connectivity index (χ3v) is 4.91. The van der Waals surface area contributed by atoms with E-state index in [0.717, 1.165) is 37.9 Å². The van der Waals surface area contributed by atoms with Crippen LogP contribution in [0.15, 0.2) is 10.9 Å². The third-order valence-electron chi connectivity index (χ3n) is 4.27. The van der Waals surface area contributed by atoms with Crippen molar-refractivity contribution in [2.75, 3.05) is 13.1 Å². The molecule has 1 aromatic heterocycles. The first-order chi connectivity index (χ1) is 9.68. The summed E-state index contributed by atoms with van der Waals surface area (Å²) in [6, 6.07) is -0.557. The normalized spacial score (nSPS) is 26.9. The Morgan fingerprint density at radius 3 is 2.95 bits per heavy atom. The molecular formula is C14H19N3O2S. The van der Waals surface area contributed by atoms with Crippen molar-refractivity contribution in [3.63, 3.8) is 0 Å². The molecule has 5 nitrogen and oxygen atoms in total. The summed E-state index contributed by atoms with van der Waals surface area (Å²) < 4.78 is 0. The van der Waals surface area contributed by atoms with Crippen molar-refractivity contribution in [2.24, 2.45) is 0 Å². The molecular weight excluding hydrogens is 274 g/mol. The molecule has 3 heterocycles. The molecule has 2 fully saturated rings. The van der Waals surface area contributed by atoms with Crippen molar-refractivity contribution < 1.29 is 9.59 Å². The zero-order valence-corrected chi connectivity index (χ0v) is 12.4. The molecule has 6 heteroatoms. The van der Waals surface area contributed by atoms with Gasteiger partial charge < -0.3 is 9.80 Å². The van der Waals surface area contributed by atoms with Crippen LogP contribution in [-0.4, -0.2) is 51.8 Å². The fourth-order valence-electron chi connectivity index (χ4n) is 3.11. The summed E-state index contributed by atoms with van der Waals surface area (Å²) in [6.07, 6.45) is 3.58. The first-order valence-electron chi connectivity index (χ1n) is 7.16. The highest BCUT2D eigenvalue weighted by Gasteiger charge is 2.44. The SMILES string of the molecule is CC1C(=O)N2CCCCC2C(=O)N1CCc1cscn1. The van der Waals surface area contributed by atoms with Crippen molar-refractivity contribution in [3.8, 4) is 0 Å². The Morgan fingerprint density at radius 2 is 2.20 bits per heavy atom. The van der Waals surface area contributed by atoms with Crippen molar-refractivity contribution in [2.45, 2.75) is 44.7 Å². The molecule has 20 heavy (non-hydrogen) atoms. The lowest BCUT2D eigenvalue weighted by Gasteiger charge is -2.46. The van der Waals surface area contributed by atoms with Crippen LogP contribution in [0.25, 0.3) is 0 Å². The largest absolute Gasteiger partial charge is 0.329 e. The second-order valence-corrected chi connectivity index (χ2v) is 6.20. The topological polar surface area (TPSA) is 53.5 Å². The molecule has 0 radical (unpaired) electrons. The fourth-order valence-corrected chi connectivity index (χ4v) is 3.70. The number of aromatic nitrogens is 1. The van der Waals surface area contributed by atoms with E-state index in [1.165, 1.54) is 0 Å². The van der Waals surface area contributed by atoms with Gasteiger partial charge in [-0.05, 0) is 26.2 Å². The number of nitrogens with zero attached hydrogens (tertiary/aromatic N) is 3. The summed E-state index contributed by atoms with van der Waals surface area (Å²) >= 11 is 1.56. The molecule has 0 spiro atoms. The van der Waals surface area contributed by atoms with Gasteiger partial charge in [-0.25, -0.2) is 4.98 Å². The third kappa shape index (κ3) is 2.32. The molecule has 2 aliphatic heterocycles. The molecule has 0 N–H and O–H groups in total. The first kappa shape index (κ1) is 13.5. The monoisotopic (exact) mass is 293 g/mol. The Balaban J connectivity index is 1.72. The van der Waals surface area contributed by atoms with Crippen LogP contribution in [0.3, 0.4) is 0 Å². The van der Waals surface area contributed by atoms with E-state index in [1.54, 1.807) is 26.6 Å². The molecule has 2 atom stereocenters. The molecule has 0 saturated carbocycles. The van der Waals surface area contributed by atoms with E-state index < -0.39 is 0 Å². The van der Waals surface area contributed by atoms with Crippen molar-refractivity contribution >= 4 is 23.2 Å². The molecule has 2 aliphatic rings. The Bertz CT molecular complexity index is 503. The van der Waals surface area contributed by atoms with Crippen LogP contribution in [-0.2, 0) is 16.0 Å². The van der Waals surface area contributed by atoms with Gasteiger partial charge in [0.05, 0.1) is 11.2 Å². The van der Waals surface area contributed by atoms with Crippen LogP contribution < -0.4 is 0 Å². The van der Waals surface area contributed by atoms with Crippen LogP contribution in [0.1, 0.15) is 31.9 Å². The summed E-state index contributed by atoms with van der Waals surface area (Å²) in [5, 5.41) is 1.99. The van der Waals surface area contributed by atoms with Gasteiger partial charge in [-0.3, -0.25) is 9.59 Å². The molecule has 2 amide bonds. The van der Waals surface area contributed by atoms with Gasteiger partial charge in [0.2, 0.25) is 11.8 Å². The maximum absolute atomic E-state index is 12.6. The standard InChI is InChI=1S/C14H19N3O2S/c1-10-13(18)17-6-3-2-4-12(17)14(19)16(10)7-5-11-8-20-9-15-11/h8-10,12H,2-7H2,1H3. The number of carbonyl (C=O) groups excluding carboxylic acids is 2. The number of piperazine rings is 1. The minimum absolute atomic E-state index is 0.104. The van der Waals surface area contributed by atoms with Crippen molar-refractivity contribution in [3.05, 3.63) is 16.6 Å². The molecule has 3 rings (SSSR count). The summed E-state index contributed by atoms with van der Waals surface area (Å²) in [5.74, 6) is 0.222. The molecule has 0 aromatic carbocycles. The van der Waals surface area contributed by atoms with Gasteiger partial charge in [-0.15, -0.1) is 11.3 Å². The number of amides is 2. The maximum atomic E-state index is 12.6. The van der Waals surface area contributed by atoms with E-state index in [9.17, 15) is 9.59 Å². The number of thiazole rings is 1. The maximum Gasteiger partial charge on any atom is 0.246 e. The Labute approximate surface area is 122 Å². The zero-order valence-electron chi connectivity index (χ0n) is 11.6. The van der Waals surface area contributed by atoms with Crippen LogP contribution in [0.2, 0.25) is 0 Å². The quantitative estimate of drug-likeness (QED) is 0.844. The minimum Gasteiger partial charge on any atom is -0.329 e. The van der Waals surface area contributed by atoms with Crippen molar-refractivity contribution in [1.82, 2.24) is 14.8 Å². The highest BCUT2D eigenvalue weighted by Crippen LogP contribution is 2.26. The Kier molecular flexibility index (Phi) is 3.74. The van der Waals surface area contributed by atoms with E-state index in [2.05, 4.69) is 4.98 Å².